The summed E-state index contributed by atoms with van der Waals surface area (Å²) in [7, 11) is 0. The van der Waals surface area contributed by atoms with Crippen LogP contribution >= 0.6 is 35.4 Å². The summed E-state index contributed by atoms with van der Waals surface area (Å²) >= 11 is 17.4. The van der Waals surface area contributed by atoms with E-state index >= 15 is 0 Å². The van der Waals surface area contributed by atoms with Crippen molar-refractivity contribution in [2.24, 2.45) is 0 Å². The molecule has 0 aliphatic carbocycles. The molecule has 0 atom stereocenters. The Labute approximate surface area is 233 Å². The van der Waals surface area contributed by atoms with Crippen LogP contribution < -0.4 is 19.7 Å². The molecule has 0 saturated carbocycles. The zero-order valence-corrected chi connectivity index (χ0v) is 22.2. The Morgan fingerprint density at radius 3 is 2.55 bits per heavy atom. The zero-order chi connectivity index (χ0) is 27.4. The Balaban J connectivity index is 1.62. The summed E-state index contributed by atoms with van der Waals surface area (Å²) < 4.78 is 11.6. The lowest BCUT2D eigenvalue weighted by molar-refractivity contribution is -0.122. The van der Waals surface area contributed by atoms with Crippen molar-refractivity contribution in [1.29, 1.82) is 0 Å². The van der Waals surface area contributed by atoms with Crippen molar-refractivity contribution in [3.63, 3.8) is 0 Å². The third-order valence-electron chi connectivity index (χ3n) is 5.43. The molecule has 0 unspecified atom stereocenters. The highest BCUT2D eigenvalue weighted by Gasteiger charge is 2.34. The van der Waals surface area contributed by atoms with Crippen molar-refractivity contribution in [2.45, 2.75) is 13.5 Å². The van der Waals surface area contributed by atoms with Gasteiger partial charge in [-0.2, -0.15) is 0 Å². The highest BCUT2D eigenvalue weighted by Crippen LogP contribution is 2.32. The van der Waals surface area contributed by atoms with E-state index in [4.69, 9.17) is 44.9 Å². The second-order valence-electron chi connectivity index (χ2n) is 7.98. The van der Waals surface area contributed by atoms with Crippen LogP contribution in [0.5, 0.6) is 11.5 Å². The number of hydrogen-bond donors (Lipinski definition) is 2. The van der Waals surface area contributed by atoms with Gasteiger partial charge in [-0.25, -0.2) is 4.79 Å². The average Bonchev–Trinajstić information content (AvgIpc) is 2.87. The molecular formula is C27H20Cl2N2O6S. The molecule has 11 heteroatoms. The number of carbonyl (C=O) groups is 3. The van der Waals surface area contributed by atoms with E-state index in [1.807, 2.05) is 6.92 Å². The van der Waals surface area contributed by atoms with Crippen molar-refractivity contribution in [3.05, 3.63) is 93.0 Å². The number of carbonyl (C=O) groups excluding carboxylic acids is 2. The minimum Gasteiger partial charge on any atom is -0.490 e. The van der Waals surface area contributed by atoms with Gasteiger partial charge in [0.05, 0.1) is 17.9 Å². The van der Waals surface area contributed by atoms with Crippen molar-refractivity contribution < 1.29 is 29.0 Å². The predicted octanol–water partition coefficient (Wildman–Crippen LogP) is 5.50. The molecule has 2 N–H and O–H groups in total. The number of halogens is 2. The van der Waals surface area contributed by atoms with Crippen LogP contribution in [0.3, 0.4) is 0 Å². The molecule has 3 aromatic carbocycles. The molecule has 1 fully saturated rings. The summed E-state index contributed by atoms with van der Waals surface area (Å²) in [5.74, 6) is -1.70. The highest BCUT2D eigenvalue weighted by molar-refractivity contribution is 7.80. The van der Waals surface area contributed by atoms with E-state index in [1.54, 1.807) is 36.4 Å². The number of amides is 2. The molecule has 1 aliphatic heterocycles. The number of benzene rings is 3. The van der Waals surface area contributed by atoms with Crippen LogP contribution in [0.2, 0.25) is 10.0 Å². The van der Waals surface area contributed by atoms with Gasteiger partial charge in [-0.1, -0.05) is 41.4 Å². The maximum atomic E-state index is 13.3. The second kappa shape index (κ2) is 11.6. The third-order valence-corrected chi connectivity index (χ3v) is 6.30. The largest absolute Gasteiger partial charge is 0.490 e. The quantitative estimate of drug-likeness (QED) is 0.209. The molecule has 2 amide bonds. The fourth-order valence-electron chi connectivity index (χ4n) is 3.63. The van der Waals surface area contributed by atoms with Gasteiger partial charge in [0.2, 0.25) is 0 Å². The van der Waals surface area contributed by atoms with Gasteiger partial charge in [-0.05, 0) is 73.2 Å². The third kappa shape index (κ3) is 5.96. The van der Waals surface area contributed by atoms with Crippen molar-refractivity contribution in [1.82, 2.24) is 5.32 Å². The van der Waals surface area contributed by atoms with Gasteiger partial charge in [0.1, 0.15) is 12.2 Å². The van der Waals surface area contributed by atoms with Crippen LogP contribution in [-0.2, 0) is 16.2 Å². The van der Waals surface area contributed by atoms with Gasteiger partial charge in [0.25, 0.3) is 11.8 Å². The SMILES string of the molecule is CCOc1cc(C=C2C(=O)NC(=S)N(c3cccc(C(=O)O)c3)C2=O)ccc1OCc1ccc(Cl)cc1Cl. The molecule has 0 aromatic heterocycles. The van der Waals surface area contributed by atoms with E-state index in [9.17, 15) is 19.5 Å². The van der Waals surface area contributed by atoms with Crippen LogP contribution in [0.1, 0.15) is 28.4 Å². The molecule has 38 heavy (non-hydrogen) atoms. The van der Waals surface area contributed by atoms with E-state index in [0.29, 0.717) is 33.7 Å². The zero-order valence-electron chi connectivity index (χ0n) is 19.9. The van der Waals surface area contributed by atoms with Crippen LogP contribution in [-0.4, -0.2) is 34.6 Å². The number of anilines is 1. The lowest BCUT2D eigenvalue weighted by Crippen LogP contribution is -2.54. The first kappa shape index (κ1) is 27.1. The van der Waals surface area contributed by atoms with Crippen LogP contribution in [0, 0.1) is 0 Å². The van der Waals surface area contributed by atoms with Gasteiger partial charge >= 0.3 is 5.97 Å². The Bertz CT molecular complexity index is 1490. The van der Waals surface area contributed by atoms with Gasteiger partial charge in [-0.15, -0.1) is 0 Å². The lowest BCUT2D eigenvalue weighted by Gasteiger charge is -2.29. The predicted molar refractivity (Wildman–Crippen MR) is 148 cm³/mol. The monoisotopic (exact) mass is 570 g/mol. The second-order valence-corrected chi connectivity index (χ2v) is 9.21. The first-order valence-corrected chi connectivity index (χ1v) is 12.4. The molecule has 0 bridgehead atoms. The molecule has 4 rings (SSSR count). The number of rotatable bonds is 8. The maximum absolute atomic E-state index is 13.3. The number of carboxylic acids is 1. The Hall–Kier alpha value is -3.92. The summed E-state index contributed by atoms with van der Waals surface area (Å²) in [6.07, 6.45) is 1.40. The summed E-state index contributed by atoms with van der Waals surface area (Å²) in [5, 5.41) is 12.6. The molecular weight excluding hydrogens is 551 g/mol. The number of thiocarbonyl (C=S) groups is 1. The number of nitrogens with one attached hydrogen (secondary N) is 1. The smallest absolute Gasteiger partial charge is 0.335 e. The van der Waals surface area contributed by atoms with E-state index in [1.165, 1.54) is 30.3 Å². The molecule has 194 valence electrons. The van der Waals surface area contributed by atoms with E-state index in [-0.39, 0.29) is 28.5 Å². The fraction of sp³-hybridized carbons (Fsp3) is 0.111. The summed E-state index contributed by atoms with van der Waals surface area (Å²) in [6.45, 7) is 2.33. The topological polar surface area (TPSA) is 105 Å². The van der Waals surface area contributed by atoms with Gasteiger partial charge in [-0.3, -0.25) is 19.8 Å². The number of hydrogen-bond acceptors (Lipinski definition) is 6. The summed E-state index contributed by atoms with van der Waals surface area (Å²) in [4.78, 5) is 38.4. The van der Waals surface area contributed by atoms with Crippen molar-refractivity contribution >= 4 is 70.1 Å². The highest BCUT2D eigenvalue weighted by atomic mass is 35.5. The minimum absolute atomic E-state index is 0.0302. The summed E-state index contributed by atoms with van der Waals surface area (Å²) in [5.41, 5.74) is 1.22. The Morgan fingerprint density at radius 2 is 1.84 bits per heavy atom. The van der Waals surface area contributed by atoms with Crippen molar-refractivity contribution in [3.8, 4) is 11.5 Å². The average molecular weight is 571 g/mol. The molecule has 1 aliphatic rings. The van der Waals surface area contributed by atoms with Gasteiger partial charge in [0.15, 0.2) is 16.6 Å². The summed E-state index contributed by atoms with van der Waals surface area (Å²) in [6, 6.07) is 15.8. The normalized spacial score (nSPS) is 14.4. The number of carboxylic acid groups (broad SMARTS) is 1. The van der Waals surface area contributed by atoms with E-state index in [0.717, 1.165) is 10.5 Å². The Kier molecular flexibility index (Phi) is 8.31. The van der Waals surface area contributed by atoms with Crippen LogP contribution in [0.4, 0.5) is 5.69 Å². The number of nitrogens with zero attached hydrogens (tertiary/aromatic N) is 1. The van der Waals surface area contributed by atoms with Crippen LogP contribution in [0.25, 0.3) is 6.08 Å². The molecule has 8 nitrogen and oxygen atoms in total. The molecule has 0 radical (unpaired) electrons. The lowest BCUT2D eigenvalue weighted by atomic mass is 10.1. The molecule has 3 aromatic rings. The minimum atomic E-state index is -1.16. The molecule has 1 heterocycles. The first-order chi connectivity index (χ1) is 18.2. The molecule has 0 spiro atoms. The van der Waals surface area contributed by atoms with Crippen molar-refractivity contribution in [2.75, 3.05) is 11.5 Å². The number of aromatic carboxylic acids is 1. The van der Waals surface area contributed by atoms with Gasteiger partial charge < -0.3 is 14.6 Å². The molecule has 1 saturated heterocycles. The number of ether oxygens (including phenoxy) is 2. The van der Waals surface area contributed by atoms with E-state index < -0.39 is 17.8 Å². The van der Waals surface area contributed by atoms with Crippen LogP contribution in [0.15, 0.2) is 66.2 Å². The fourth-order valence-corrected chi connectivity index (χ4v) is 4.38. The maximum Gasteiger partial charge on any atom is 0.335 e. The Morgan fingerprint density at radius 1 is 1.05 bits per heavy atom. The first-order valence-electron chi connectivity index (χ1n) is 11.3. The van der Waals surface area contributed by atoms with Gasteiger partial charge in [0, 0.05) is 15.6 Å². The van der Waals surface area contributed by atoms with E-state index in [2.05, 4.69) is 5.32 Å². The standard InChI is InChI=1S/C27H20Cl2N2O6S/c1-2-36-23-11-15(6-9-22(23)37-14-17-7-8-18(28)13-21(17)29)10-20-24(32)30-27(38)31(25(20)33)19-5-3-4-16(12-19)26(34)35/h3-13H,2,14H2,1H3,(H,34,35)(H,30,32,38).